The van der Waals surface area contributed by atoms with Gasteiger partial charge in [-0.15, -0.1) is 16.4 Å². The van der Waals surface area contributed by atoms with E-state index in [1.165, 1.54) is 10.8 Å². The lowest BCUT2D eigenvalue weighted by molar-refractivity contribution is -0.141. The number of pyridine rings is 1. The Labute approximate surface area is 210 Å². The summed E-state index contributed by atoms with van der Waals surface area (Å²) < 4.78 is 53.6. The predicted molar refractivity (Wildman–Crippen MR) is 129 cm³/mol. The lowest BCUT2D eigenvalue weighted by atomic mass is 10.1. The van der Waals surface area contributed by atoms with Crippen molar-refractivity contribution in [3.05, 3.63) is 70.3 Å². The fourth-order valence-electron chi connectivity index (χ4n) is 3.98. The number of benzene rings is 1. The molecule has 0 unspecified atom stereocenters. The number of fused-ring (bicyclic) bond motifs is 5. The van der Waals surface area contributed by atoms with Gasteiger partial charge in [0.2, 0.25) is 5.82 Å². The highest BCUT2D eigenvalue weighted by atomic mass is 35.5. The van der Waals surface area contributed by atoms with Gasteiger partial charge in [0, 0.05) is 5.39 Å². The molecule has 0 amide bonds. The molecule has 6 aromatic rings. The van der Waals surface area contributed by atoms with E-state index in [9.17, 15) is 13.2 Å². The molecule has 5 heterocycles. The zero-order valence-electron chi connectivity index (χ0n) is 18.7. The lowest BCUT2D eigenvalue weighted by Gasteiger charge is -2.09. The van der Waals surface area contributed by atoms with Crippen LogP contribution in [0.25, 0.3) is 37.7 Å². The van der Waals surface area contributed by atoms with Gasteiger partial charge in [-0.3, -0.25) is 0 Å². The van der Waals surface area contributed by atoms with Crippen LogP contribution in [0.4, 0.5) is 13.2 Å². The summed E-state index contributed by atoms with van der Waals surface area (Å²) in [4.78, 5) is 13.1. The number of alkyl halides is 3. The minimum atomic E-state index is -4.54. The monoisotopic (exact) mass is 529 g/mol. The van der Waals surface area contributed by atoms with E-state index >= 15 is 0 Å². The first-order chi connectivity index (χ1) is 17.2. The van der Waals surface area contributed by atoms with Gasteiger partial charge >= 0.3 is 6.18 Å². The van der Waals surface area contributed by atoms with Gasteiger partial charge in [-0.25, -0.2) is 19.5 Å². The second kappa shape index (κ2) is 8.17. The third-order valence-electron chi connectivity index (χ3n) is 5.66. The van der Waals surface area contributed by atoms with Crippen LogP contribution in [0, 0.1) is 13.8 Å². The molecule has 0 saturated heterocycles. The second-order valence-corrected chi connectivity index (χ2v) is 9.58. The van der Waals surface area contributed by atoms with Crippen LogP contribution in [0.5, 0.6) is 5.75 Å². The van der Waals surface area contributed by atoms with Crippen molar-refractivity contribution in [3.8, 4) is 17.3 Å². The number of ether oxygens (including phenoxy) is 1. The second-order valence-electron chi connectivity index (χ2n) is 8.17. The van der Waals surface area contributed by atoms with Gasteiger partial charge in [-0.1, -0.05) is 23.7 Å². The maximum atomic E-state index is 13.3. The van der Waals surface area contributed by atoms with Crippen molar-refractivity contribution in [1.82, 2.24) is 24.6 Å². The molecule has 0 spiro atoms. The summed E-state index contributed by atoms with van der Waals surface area (Å²) in [5, 5.41) is 5.52. The quantitative estimate of drug-likeness (QED) is 0.244. The number of aryl methyl sites for hydroxylation is 2. The van der Waals surface area contributed by atoms with Crippen LogP contribution in [0.3, 0.4) is 0 Å². The number of rotatable bonds is 4. The molecule has 0 N–H and O–H groups in total. The van der Waals surface area contributed by atoms with Crippen molar-refractivity contribution in [2.24, 2.45) is 0 Å². The van der Waals surface area contributed by atoms with E-state index in [2.05, 4.69) is 20.1 Å². The Hall–Kier alpha value is -3.70. The minimum absolute atomic E-state index is 0.159. The highest BCUT2D eigenvalue weighted by Crippen LogP contribution is 2.39. The van der Waals surface area contributed by atoms with Crippen molar-refractivity contribution < 1.29 is 22.3 Å². The average Bonchev–Trinajstić information content (AvgIpc) is 3.54. The van der Waals surface area contributed by atoms with E-state index < -0.39 is 11.9 Å². The van der Waals surface area contributed by atoms with Crippen molar-refractivity contribution >= 4 is 49.0 Å². The van der Waals surface area contributed by atoms with E-state index in [0.29, 0.717) is 54.9 Å². The van der Waals surface area contributed by atoms with Crippen molar-refractivity contribution in [1.29, 1.82) is 0 Å². The molecule has 0 atom stereocenters. The maximum absolute atomic E-state index is 13.3. The molecule has 1 aromatic carbocycles. The fraction of sp³-hybridized carbons (Fsp3) is 0.167. The Bertz CT molecular complexity index is 1770. The maximum Gasteiger partial charge on any atom is 0.433 e. The van der Waals surface area contributed by atoms with Gasteiger partial charge in [0.05, 0.1) is 10.5 Å². The van der Waals surface area contributed by atoms with Gasteiger partial charge < -0.3 is 9.15 Å². The number of furan rings is 1. The molecule has 0 aliphatic rings. The summed E-state index contributed by atoms with van der Waals surface area (Å²) >= 11 is 7.31. The Morgan fingerprint density at radius 3 is 2.72 bits per heavy atom. The highest BCUT2D eigenvalue weighted by Gasteiger charge is 2.33. The van der Waals surface area contributed by atoms with E-state index in [1.54, 1.807) is 25.1 Å². The first-order valence-corrected chi connectivity index (χ1v) is 11.9. The Balaban J connectivity index is 1.36. The van der Waals surface area contributed by atoms with Crippen LogP contribution in [0.1, 0.15) is 22.6 Å². The molecule has 7 nitrogen and oxygen atoms in total. The van der Waals surface area contributed by atoms with Gasteiger partial charge in [0.25, 0.3) is 0 Å². The summed E-state index contributed by atoms with van der Waals surface area (Å²) in [7, 11) is 0. The number of hydrogen-bond acceptors (Lipinski definition) is 7. The number of aromatic nitrogens is 5. The zero-order valence-corrected chi connectivity index (χ0v) is 20.3. The number of hydrogen-bond donors (Lipinski definition) is 0. The first-order valence-electron chi connectivity index (χ1n) is 10.7. The smallest absolute Gasteiger partial charge is 0.433 e. The lowest BCUT2D eigenvalue weighted by Crippen LogP contribution is -2.07. The van der Waals surface area contributed by atoms with Gasteiger partial charge in [0.1, 0.15) is 39.7 Å². The largest absolute Gasteiger partial charge is 0.484 e. The van der Waals surface area contributed by atoms with Crippen molar-refractivity contribution in [3.63, 3.8) is 0 Å². The summed E-state index contributed by atoms with van der Waals surface area (Å²) in [6.45, 7) is 3.68. The van der Waals surface area contributed by atoms with Crippen LogP contribution < -0.4 is 4.74 Å². The van der Waals surface area contributed by atoms with E-state index in [0.717, 1.165) is 23.0 Å². The van der Waals surface area contributed by atoms with Crippen LogP contribution in [-0.2, 0) is 12.8 Å². The average molecular weight is 530 g/mol. The van der Waals surface area contributed by atoms with Crippen LogP contribution in [0.15, 0.2) is 47.1 Å². The molecule has 182 valence electrons. The van der Waals surface area contributed by atoms with E-state index in [4.69, 9.17) is 20.8 Å². The molecule has 0 fully saturated rings. The summed E-state index contributed by atoms with van der Waals surface area (Å²) in [5.74, 6) is 1.85. The number of para-hydroxylation sites is 1. The highest BCUT2D eigenvalue weighted by molar-refractivity contribution is 7.26. The van der Waals surface area contributed by atoms with Gasteiger partial charge in [-0.05, 0) is 49.2 Å². The van der Waals surface area contributed by atoms with Crippen LogP contribution >= 0.6 is 22.9 Å². The number of halogens is 4. The molecule has 6 rings (SSSR count). The van der Waals surface area contributed by atoms with Gasteiger partial charge in [0.15, 0.2) is 11.4 Å². The van der Waals surface area contributed by atoms with E-state index in [1.807, 2.05) is 19.1 Å². The predicted octanol–water partition coefficient (Wildman–Crippen LogP) is 7.02. The summed E-state index contributed by atoms with van der Waals surface area (Å²) in [6, 6.07) is 10.0. The topological polar surface area (TPSA) is 78.3 Å². The molecular weight excluding hydrogens is 515 g/mol. The Morgan fingerprint density at radius 2 is 1.94 bits per heavy atom. The third kappa shape index (κ3) is 3.75. The molecular formula is C24H15ClF3N5O2S. The Morgan fingerprint density at radius 1 is 1.11 bits per heavy atom. The van der Waals surface area contributed by atoms with Gasteiger partial charge in [-0.2, -0.15) is 13.2 Å². The van der Waals surface area contributed by atoms with Crippen LogP contribution in [0.2, 0.25) is 5.02 Å². The Kier molecular flexibility index (Phi) is 5.16. The minimum Gasteiger partial charge on any atom is -0.484 e. The molecule has 0 bridgehead atoms. The van der Waals surface area contributed by atoms with Crippen molar-refractivity contribution in [2.75, 3.05) is 0 Å². The number of nitrogens with zero attached hydrogens (tertiary/aromatic N) is 5. The molecule has 5 aromatic heterocycles. The number of thiophene rings is 1. The fourth-order valence-corrected chi connectivity index (χ4v) is 5.43. The standard InChI is InChI=1S/C24H15ClF3N5O2S/c1-11-4-3-5-14(25)19(11)34-9-13-6-7-15(35-13)21-31-22-20-18(29-10-33(22)32-21)17-12(2)8-16(24(26,27)28)30-23(17)36-20/h3-8,10H,9H2,1-2H3. The molecule has 0 radical (unpaired) electrons. The first kappa shape index (κ1) is 22.7. The SMILES string of the molecule is Cc1cccc(Cl)c1OCc1ccc(-c2nc3c4sc5nc(C(F)(F)F)cc(C)c5c4ncn3n2)o1. The third-order valence-corrected chi connectivity index (χ3v) is 7.03. The van der Waals surface area contributed by atoms with Crippen molar-refractivity contribution in [2.45, 2.75) is 26.6 Å². The molecule has 0 saturated carbocycles. The van der Waals surface area contributed by atoms with Crippen LogP contribution in [-0.4, -0.2) is 24.6 Å². The normalized spacial score (nSPS) is 12.3. The van der Waals surface area contributed by atoms with E-state index in [-0.39, 0.29) is 11.4 Å². The molecule has 0 aliphatic carbocycles. The zero-order chi connectivity index (χ0) is 25.2. The molecule has 36 heavy (non-hydrogen) atoms. The molecule has 12 heteroatoms. The summed E-state index contributed by atoms with van der Waals surface area (Å²) in [5.41, 5.74) is 1.40. The molecule has 0 aliphatic heterocycles. The summed E-state index contributed by atoms with van der Waals surface area (Å²) in [6.07, 6.45) is -3.06.